The molecule has 6 heteroatoms. The Morgan fingerprint density at radius 1 is 1.56 bits per heavy atom. The largest absolute Gasteiger partial charge is 0.396 e. The molecule has 98 valence electrons. The van der Waals surface area contributed by atoms with Crippen LogP contribution >= 0.6 is 11.3 Å². The molecule has 2 heterocycles. The zero-order chi connectivity index (χ0) is 13.0. The van der Waals surface area contributed by atoms with Crippen molar-refractivity contribution in [1.82, 2.24) is 14.3 Å². The van der Waals surface area contributed by atoms with Gasteiger partial charge in [0.25, 0.3) is 5.56 Å². The second kappa shape index (κ2) is 6.08. The molecule has 0 aromatic carbocycles. The third-order valence-electron chi connectivity index (χ3n) is 2.82. The summed E-state index contributed by atoms with van der Waals surface area (Å²) in [4.78, 5) is 19.2. The van der Waals surface area contributed by atoms with Gasteiger partial charge in [0, 0.05) is 37.3 Å². The lowest BCUT2D eigenvalue weighted by molar-refractivity contribution is 0.224. The van der Waals surface area contributed by atoms with E-state index in [1.54, 1.807) is 16.7 Å². The fourth-order valence-electron chi connectivity index (χ4n) is 1.84. The minimum atomic E-state index is -0.0329. The van der Waals surface area contributed by atoms with Gasteiger partial charge in [-0.2, -0.15) is 0 Å². The van der Waals surface area contributed by atoms with Gasteiger partial charge in [-0.3, -0.25) is 14.1 Å². The van der Waals surface area contributed by atoms with Gasteiger partial charge in [0.15, 0.2) is 4.96 Å². The second-order valence-corrected chi connectivity index (χ2v) is 4.96. The van der Waals surface area contributed by atoms with E-state index >= 15 is 0 Å². The molecule has 5 nitrogen and oxygen atoms in total. The summed E-state index contributed by atoms with van der Waals surface area (Å²) in [5, 5.41) is 10.7. The highest BCUT2D eigenvalue weighted by molar-refractivity contribution is 7.15. The lowest BCUT2D eigenvalue weighted by Gasteiger charge is -2.19. The van der Waals surface area contributed by atoms with Gasteiger partial charge in [0.1, 0.15) is 0 Å². The first-order valence-electron chi connectivity index (χ1n) is 6.03. The molecule has 0 radical (unpaired) electrons. The number of rotatable bonds is 6. The normalized spacial score (nSPS) is 11.5. The maximum atomic E-state index is 11.8. The molecule has 0 saturated carbocycles. The predicted octanol–water partition coefficient (Wildman–Crippen LogP) is 0.960. The van der Waals surface area contributed by atoms with E-state index in [0.717, 1.165) is 30.2 Å². The summed E-state index contributed by atoms with van der Waals surface area (Å²) >= 11 is 1.46. The van der Waals surface area contributed by atoms with Crippen molar-refractivity contribution < 1.29 is 5.11 Å². The van der Waals surface area contributed by atoms with E-state index in [4.69, 9.17) is 5.11 Å². The second-order valence-electron chi connectivity index (χ2n) is 4.09. The molecule has 18 heavy (non-hydrogen) atoms. The third kappa shape index (κ3) is 2.95. The molecule has 1 N–H and O–H groups in total. The molecule has 2 aromatic rings. The molecule has 0 aliphatic carbocycles. The molecule has 2 aromatic heterocycles. The fourth-order valence-corrected chi connectivity index (χ4v) is 2.58. The first kappa shape index (κ1) is 13.2. The summed E-state index contributed by atoms with van der Waals surface area (Å²) in [7, 11) is 0. The zero-order valence-electron chi connectivity index (χ0n) is 10.4. The van der Waals surface area contributed by atoms with Gasteiger partial charge in [-0.15, -0.1) is 11.3 Å². The van der Waals surface area contributed by atoms with Gasteiger partial charge in [-0.25, -0.2) is 4.98 Å². The Morgan fingerprint density at radius 2 is 2.39 bits per heavy atom. The third-order valence-corrected chi connectivity index (χ3v) is 3.58. The number of thiazole rings is 1. The van der Waals surface area contributed by atoms with Gasteiger partial charge >= 0.3 is 0 Å². The minimum Gasteiger partial charge on any atom is -0.396 e. The van der Waals surface area contributed by atoms with Crippen LogP contribution in [-0.4, -0.2) is 39.1 Å². The summed E-state index contributed by atoms with van der Waals surface area (Å²) in [6, 6.07) is 1.58. The molecule has 0 atom stereocenters. The molecule has 2 rings (SSSR count). The van der Waals surface area contributed by atoms with Crippen molar-refractivity contribution >= 4 is 16.3 Å². The van der Waals surface area contributed by atoms with Crippen LogP contribution in [0.5, 0.6) is 0 Å². The van der Waals surface area contributed by atoms with Gasteiger partial charge in [-0.05, 0) is 13.0 Å². The van der Waals surface area contributed by atoms with E-state index in [0.29, 0.717) is 6.54 Å². The molecule has 0 bridgehead atoms. The topological polar surface area (TPSA) is 57.8 Å². The van der Waals surface area contributed by atoms with Gasteiger partial charge in [0.05, 0.1) is 5.69 Å². The number of fused-ring (bicyclic) bond motifs is 1. The van der Waals surface area contributed by atoms with Crippen molar-refractivity contribution in [2.45, 2.75) is 19.9 Å². The minimum absolute atomic E-state index is 0.0329. The van der Waals surface area contributed by atoms with Crippen molar-refractivity contribution in [2.24, 2.45) is 0 Å². The van der Waals surface area contributed by atoms with E-state index in [9.17, 15) is 4.79 Å². The Kier molecular flexibility index (Phi) is 4.46. The fraction of sp³-hybridized carbons (Fsp3) is 0.500. The van der Waals surface area contributed by atoms with E-state index < -0.39 is 0 Å². The smallest absolute Gasteiger partial charge is 0.258 e. The molecule has 0 saturated heterocycles. The summed E-state index contributed by atoms with van der Waals surface area (Å²) in [5.74, 6) is 0. The van der Waals surface area contributed by atoms with Crippen LogP contribution in [-0.2, 0) is 6.54 Å². The van der Waals surface area contributed by atoms with Gasteiger partial charge < -0.3 is 5.11 Å². The Hall–Kier alpha value is -1.24. The molecule has 0 aliphatic heterocycles. The Balaban J connectivity index is 2.17. The van der Waals surface area contributed by atoms with Crippen LogP contribution in [0.1, 0.15) is 19.0 Å². The van der Waals surface area contributed by atoms with E-state index in [1.807, 2.05) is 5.38 Å². The molecule has 0 fully saturated rings. The van der Waals surface area contributed by atoms with Crippen molar-refractivity contribution in [3.8, 4) is 0 Å². The summed E-state index contributed by atoms with van der Waals surface area (Å²) in [6.07, 6.45) is 2.48. The number of aliphatic hydroxyl groups excluding tert-OH is 1. The number of aromatic nitrogens is 2. The van der Waals surface area contributed by atoms with Crippen LogP contribution in [0.25, 0.3) is 4.96 Å². The average Bonchev–Trinajstić information content (AvgIpc) is 2.83. The van der Waals surface area contributed by atoms with Crippen molar-refractivity contribution in [1.29, 1.82) is 0 Å². The number of nitrogens with zero attached hydrogens (tertiary/aromatic N) is 3. The summed E-state index contributed by atoms with van der Waals surface area (Å²) in [6.45, 7) is 4.61. The SMILES string of the molecule is CCN(CCCO)Cc1cc(=O)n2ccsc2n1. The highest BCUT2D eigenvalue weighted by atomic mass is 32.1. The Bertz CT molecular complexity index is 564. The number of aliphatic hydroxyl groups is 1. The van der Waals surface area contributed by atoms with Crippen LogP contribution in [0, 0.1) is 0 Å². The number of hydrogen-bond acceptors (Lipinski definition) is 5. The quantitative estimate of drug-likeness (QED) is 0.847. The van der Waals surface area contributed by atoms with Crippen LogP contribution in [0.2, 0.25) is 0 Å². The Morgan fingerprint density at radius 3 is 3.11 bits per heavy atom. The van der Waals surface area contributed by atoms with Crippen LogP contribution in [0.3, 0.4) is 0 Å². The standard InChI is InChI=1S/C12H17N3O2S/c1-2-14(4-3-6-16)9-10-8-11(17)15-5-7-18-12(15)13-10/h5,7-8,16H,2-4,6,9H2,1H3. The lowest BCUT2D eigenvalue weighted by atomic mass is 10.3. The van der Waals surface area contributed by atoms with Crippen molar-refractivity contribution in [3.05, 3.63) is 33.7 Å². The molecule has 0 unspecified atom stereocenters. The summed E-state index contributed by atoms with van der Waals surface area (Å²) in [5.41, 5.74) is 0.761. The van der Waals surface area contributed by atoms with Gasteiger partial charge in [0.2, 0.25) is 0 Å². The van der Waals surface area contributed by atoms with Crippen LogP contribution in [0.15, 0.2) is 22.4 Å². The van der Waals surface area contributed by atoms with E-state index in [2.05, 4.69) is 16.8 Å². The summed E-state index contributed by atoms with van der Waals surface area (Å²) < 4.78 is 1.55. The average molecular weight is 267 g/mol. The van der Waals surface area contributed by atoms with E-state index in [-0.39, 0.29) is 12.2 Å². The molecule has 0 amide bonds. The number of hydrogen-bond donors (Lipinski definition) is 1. The van der Waals surface area contributed by atoms with Crippen LogP contribution in [0.4, 0.5) is 0 Å². The highest BCUT2D eigenvalue weighted by Crippen LogP contribution is 2.08. The molecular formula is C12H17N3O2S. The lowest BCUT2D eigenvalue weighted by Crippen LogP contribution is -2.26. The van der Waals surface area contributed by atoms with E-state index in [1.165, 1.54) is 11.3 Å². The zero-order valence-corrected chi connectivity index (χ0v) is 11.2. The van der Waals surface area contributed by atoms with Crippen molar-refractivity contribution in [2.75, 3.05) is 19.7 Å². The monoisotopic (exact) mass is 267 g/mol. The molecular weight excluding hydrogens is 250 g/mol. The van der Waals surface area contributed by atoms with Crippen molar-refractivity contribution in [3.63, 3.8) is 0 Å². The Labute approximate surface area is 109 Å². The maximum absolute atomic E-state index is 11.8. The first-order chi connectivity index (χ1) is 8.74. The van der Waals surface area contributed by atoms with Crippen LogP contribution < -0.4 is 5.56 Å². The highest BCUT2D eigenvalue weighted by Gasteiger charge is 2.07. The van der Waals surface area contributed by atoms with Gasteiger partial charge in [-0.1, -0.05) is 6.92 Å². The molecule has 0 aliphatic rings. The maximum Gasteiger partial charge on any atom is 0.258 e. The molecule has 0 spiro atoms. The first-order valence-corrected chi connectivity index (χ1v) is 6.91. The predicted molar refractivity (Wildman–Crippen MR) is 72.0 cm³/mol.